The zero-order valence-corrected chi connectivity index (χ0v) is 20.5. The Morgan fingerprint density at radius 1 is 1.03 bits per heavy atom. The second-order valence-electron chi connectivity index (χ2n) is 8.03. The van der Waals surface area contributed by atoms with Gasteiger partial charge in [-0.3, -0.25) is 9.59 Å². The summed E-state index contributed by atoms with van der Waals surface area (Å²) in [6.07, 6.45) is 2.81. The fourth-order valence-electron chi connectivity index (χ4n) is 3.89. The molecule has 0 radical (unpaired) electrons. The van der Waals surface area contributed by atoms with Crippen molar-refractivity contribution in [1.82, 2.24) is 4.72 Å². The quantitative estimate of drug-likeness (QED) is 0.402. The normalized spacial score (nSPS) is 13.4. The molecule has 1 amide bonds. The predicted molar refractivity (Wildman–Crippen MR) is 131 cm³/mol. The van der Waals surface area contributed by atoms with Crippen LogP contribution in [0.15, 0.2) is 47.9 Å². The largest absolute Gasteiger partial charge is 0.496 e. The molecule has 1 heterocycles. The SMILES string of the molecule is C=C(C(=O)c1ccc(S(=O)(=O)NC(=O)CCC)cc1)c1cc(N2CCCC2)c(OC)cc1OC. The molecule has 0 bridgehead atoms. The van der Waals surface area contributed by atoms with Crippen LogP contribution in [-0.4, -0.2) is 47.4 Å². The molecule has 2 aromatic carbocycles. The molecule has 0 unspecified atom stereocenters. The molecule has 1 saturated heterocycles. The minimum absolute atomic E-state index is 0.0996. The van der Waals surface area contributed by atoms with Gasteiger partial charge < -0.3 is 14.4 Å². The first-order chi connectivity index (χ1) is 16.2. The van der Waals surface area contributed by atoms with Crippen LogP contribution in [0, 0.1) is 0 Å². The fourth-order valence-corrected chi connectivity index (χ4v) is 4.91. The summed E-state index contributed by atoms with van der Waals surface area (Å²) in [6, 6.07) is 9.00. The maximum Gasteiger partial charge on any atom is 0.264 e. The summed E-state index contributed by atoms with van der Waals surface area (Å²) >= 11 is 0. The lowest BCUT2D eigenvalue weighted by atomic mass is 9.96. The number of rotatable bonds is 10. The number of hydrogen-bond acceptors (Lipinski definition) is 7. The van der Waals surface area contributed by atoms with E-state index < -0.39 is 15.9 Å². The summed E-state index contributed by atoms with van der Waals surface area (Å²) in [5, 5.41) is 0. The van der Waals surface area contributed by atoms with Gasteiger partial charge >= 0.3 is 0 Å². The molecular formula is C25H30N2O6S. The number of methoxy groups -OCH3 is 2. The average molecular weight is 487 g/mol. The Bertz CT molecular complexity index is 1180. The number of nitrogens with zero attached hydrogens (tertiary/aromatic N) is 1. The minimum Gasteiger partial charge on any atom is -0.496 e. The van der Waals surface area contributed by atoms with E-state index in [1.54, 1.807) is 20.1 Å². The monoisotopic (exact) mass is 486 g/mol. The standard InChI is InChI=1S/C25H30N2O6S/c1-5-8-24(28)26-34(30,31)19-11-9-18(10-12-19)25(29)17(2)20-15-21(27-13-6-7-14-27)23(33-4)16-22(20)32-3/h9-12,15-16H,2,5-8,13-14H2,1,3-4H3,(H,26,28). The van der Waals surface area contributed by atoms with Crippen LogP contribution in [0.1, 0.15) is 48.5 Å². The van der Waals surface area contributed by atoms with Gasteiger partial charge in [0.1, 0.15) is 11.5 Å². The molecule has 9 heteroatoms. The number of carbonyl (C=O) groups excluding carboxylic acids is 2. The van der Waals surface area contributed by atoms with Gasteiger partial charge in [0.2, 0.25) is 5.91 Å². The molecule has 8 nitrogen and oxygen atoms in total. The second-order valence-corrected chi connectivity index (χ2v) is 9.71. The average Bonchev–Trinajstić information content (AvgIpc) is 3.37. The smallest absolute Gasteiger partial charge is 0.264 e. The highest BCUT2D eigenvalue weighted by Crippen LogP contribution is 2.40. The van der Waals surface area contributed by atoms with Crippen molar-refractivity contribution >= 4 is 33.0 Å². The van der Waals surface area contributed by atoms with Crippen molar-refractivity contribution in [2.24, 2.45) is 0 Å². The van der Waals surface area contributed by atoms with Crippen molar-refractivity contribution in [3.05, 3.63) is 54.1 Å². The maximum atomic E-state index is 13.2. The summed E-state index contributed by atoms with van der Waals surface area (Å²) in [5.41, 5.74) is 1.89. The number of anilines is 1. The lowest BCUT2D eigenvalue weighted by Gasteiger charge is -2.23. The van der Waals surface area contributed by atoms with Crippen LogP contribution >= 0.6 is 0 Å². The van der Waals surface area contributed by atoms with Crippen molar-refractivity contribution in [3.63, 3.8) is 0 Å². The van der Waals surface area contributed by atoms with Crippen molar-refractivity contribution in [3.8, 4) is 11.5 Å². The van der Waals surface area contributed by atoms with Crippen LogP contribution < -0.4 is 19.1 Å². The van der Waals surface area contributed by atoms with Gasteiger partial charge in [-0.25, -0.2) is 13.1 Å². The third-order valence-electron chi connectivity index (χ3n) is 5.70. The van der Waals surface area contributed by atoms with E-state index in [0.717, 1.165) is 31.6 Å². The van der Waals surface area contributed by atoms with E-state index in [1.807, 2.05) is 10.8 Å². The van der Waals surface area contributed by atoms with Crippen LogP contribution in [0.2, 0.25) is 0 Å². The highest BCUT2D eigenvalue weighted by Gasteiger charge is 2.24. The molecule has 0 atom stereocenters. The van der Waals surface area contributed by atoms with E-state index in [-0.39, 0.29) is 28.2 Å². The number of allylic oxidation sites excluding steroid dienone is 1. The molecule has 1 aliphatic heterocycles. The summed E-state index contributed by atoms with van der Waals surface area (Å²) in [7, 11) is -0.899. The lowest BCUT2D eigenvalue weighted by Crippen LogP contribution is -2.30. The van der Waals surface area contributed by atoms with Crippen LogP contribution in [0.3, 0.4) is 0 Å². The van der Waals surface area contributed by atoms with Gasteiger partial charge in [-0.1, -0.05) is 13.5 Å². The van der Waals surface area contributed by atoms with E-state index in [4.69, 9.17) is 9.47 Å². The number of amides is 1. The molecule has 2 aromatic rings. The molecule has 3 rings (SSSR count). The third-order valence-corrected chi connectivity index (χ3v) is 7.09. The van der Waals surface area contributed by atoms with E-state index in [0.29, 0.717) is 23.5 Å². The minimum atomic E-state index is -4.00. The van der Waals surface area contributed by atoms with Crippen molar-refractivity contribution in [2.45, 2.75) is 37.5 Å². The van der Waals surface area contributed by atoms with Gasteiger partial charge in [0, 0.05) is 42.3 Å². The molecule has 0 saturated carbocycles. The number of ketones is 1. The number of Topliss-reactive ketones (excluding diaryl/α,β-unsaturated/α-hetero) is 1. The van der Waals surface area contributed by atoms with Crippen molar-refractivity contribution in [1.29, 1.82) is 0 Å². The number of hydrogen-bond donors (Lipinski definition) is 1. The Kier molecular flexibility index (Phi) is 7.98. The van der Waals surface area contributed by atoms with E-state index in [2.05, 4.69) is 11.5 Å². The molecule has 182 valence electrons. The van der Waals surface area contributed by atoms with Crippen LogP contribution in [-0.2, 0) is 14.8 Å². The first kappa shape index (κ1) is 25.3. The molecule has 1 N–H and O–H groups in total. The zero-order valence-electron chi connectivity index (χ0n) is 19.7. The van der Waals surface area contributed by atoms with Crippen molar-refractivity contribution in [2.75, 3.05) is 32.2 Å². The maximum absolute atomic E-state index is 13.2. The van der Waals surface area contributed by atoms with E-state index in [1.165, 1.54) is 31.4 Å². The Labute approximate surface area is 200 Å². The molecule has 1 aliphatic rings. The van der Waals surface area contributed by atoms with Crippen LogP contribution in [0.25, 0.3) is 5.57 Å². The van der Waals surface area contributed by atoms with Gasteiger partial charge in [0.25, 0.3) is 10.0 Å². The number of carbonyl (C=O) groups is 2. The second kappa shape index (κ2) is 10.7. The molecule has 0 spiro atoms. The topological polar surface area (TPSA) is 102 Å². The summed E-state index contributed by atoms with van der Waals surface area (Å²) < 4.78 is 37.9. The van der Waals surface area contributed by atoms with Crippen LogP contribution in [0.5, 0.6) is 11.5 Å². The third kappa shape index (κ3) is 5.41. The Morgan fingerprint density at radius 2 is 1.65 bits per heavy atom. The summed E-state index contributed by atoms with van der Waals surface area (Å²) in [6.45, 7) is 7.58. The van der Waals surface area contributed by atoms with E-state index >= 15 is 0 Å². The van der Waals surface area contributed by atoms with Gasteiger partial charge in [0.15, 0.2) is 5.78 Å². The lowest BCUT2D eigenvalue weighted by molar-refractivity contribution is -0.119. The number of ether oxygens (including phenoxy) is 2. The Hall–Kier alpha value is -3.33. The first-order valence-corrected chi connectivity index (χ1v) is 12.6. The molecular weight excluding hydrogens is 456 g/mol. The van der Waals surface area contributed by atoms with Gasteiger partial charge in [-0.2, -0.15) is 0 Å². The highest BCUT2D eigenvalue weighted by atomic mass is 32.2. The number of nitrogens with one attached hydrogen (secondary N) is 1. The van der Waals surface area contributed by atoms with Gasteiger partial charge in [0.05, 0.1) is 24.8 Å². The fraction of sp³-hybridized carbons (Fsp3) is 0.360. The number of benzene rings is 2. The number of sulfonamides is 1. The van der Waals surface area contributed by atoms with Gasteiger partial charge in [-0.05, 0) is 49.6 Å². The predicted octanol–water partition coefficient (Wildman–Crippen LogP) is 3.81. The molecule has 0 aromatic heterocycles. The Balaban J connectivity index is 1.88. The highest BCUT2D eigenvalue weighted by molar-refractivity contribution is 7.90. The van der Waals surface area contributed by atoms with Crippen LogP contribution in [0.4, 0.5) is 5.69 Å². The molecule has 34 heavy (non-hydrogen) atoms. The molecule has 0 aliphatic carbocycles. The Morgan fingerprint density at radius 3 is 2.21 bits per heavy atom. The van der Waals surface area contributed by atoms with Crippen molar-refractivity contribution < 1.29 is 27.5 Å². The first-order valence-electron chi connectivity index (χ1n) is 11.1. The zero-order chi connectivity index (χ0) is 24.9. The van der Waals surface area contributed by atoms with E-state index in [9.17, 15) is 18.0 Å². The summed E-state index contributed by atoms with van der Waals surface area (Å²) in [4.78, 5) is 27.0. The summed E-state index contributed by atoms with van der Waals surface area (Å²) in [5.74, 6) is 0.171. The molecule has 1 fully saturated rings. The van der Waals surface area contributed by atoms with Gasteiger partial charge in [-0.15, -0.1) is 0 Å².